The minimum atomic E-state index is -4.40. The number of aryl methyl sites for hydroxylation is 1. The molecule has 3 aromatic heterocycles. The molecule has 10 nitrogen and oxygen atoms in total. The summed E-state index contributed by atoms with van der Waals surface area (Å²) in [5.41, 5.74) is 0.00624. The molecule has 3 unspecified atom stereocenters. The summed E-state index contributed by atoms with van der Waals surface area (Å²) in [7, 11) is -2.62. The van der Waals surface area contributed by atoms with E-state index in [4.69, 9.17) is 0 Å². The molecule has 3 atom stereocenters. The predicted molar refractivity (Wildman–Crippen MR) is 168 cm³/mol. The molecular formula is C32H34F3N7O3S. The van der Waals surface area contributed by atoms with Crippen LogP contribution in [0.3, 0.4) is 0 Å². The van der Waals surface area contributed by atoms with Gasteiger partial charge in [-0.1, -0.05) is 32.1 Å². The van der Waals surface area contributed by atoms with E-state index in [9.17, 15) is 17.6 Å². The van der Waals surface area contributed by atoms with Gasteiger partial charge in [0.25, 0.3) is 5.91 Å². The van der Waals surface area contributed by atoms with Crippen LogP contribution in [0.4, 0.5) is 19.0 Å². The van der Waals surface area contributed by atoms with E-state index in [1.165, 1.54) is 37.4 Å². The lowest BCUT2D eigenvalue weighted by atomic mass is 9.72. The summed E-state index contributed by atoms with van der Waals surface area (Å²) in [6.07, 6.45) is 10.8. The number of fused-ring (bicyclic) bond motifs is 1. The van der Waals surface area contributed by atoms with E-state index in [2.05, 4.69) is 39.4 Å². The monoisotopic (exact) mass is 653 g/mol. The van der Waals surface area contributed by atoms with Crippen molar-refractivity contribution in [1.29, 1.82) is 0 Å². The lowest BCUT2D eigenvalue weighted by molar-refractivity contribution is 0.0892. The molecule has 2 aliphatic rings. The van der Waals surface area contributed by atoms with Crippen molar-refractivity contribution >= 4 is 32.7 Å². The average molecular weight is 654 g/mol. The van der Waals surface area contributed by atoms with Gasteiger partial charge in [0, 0.05) is 42.5 Å². The number of carbonyl (C=O) groups is 1. The number of rotatable bonds is 7. The summed E-state index contributed by atoms with van der Waals surface area (Å²) >= 11 is 0. The van der Waals surface area contributed by atoms with Crippen LogP contribution in [-0.2, 0) is 17.1 Å². The fraction of sp³-hybridized carbons (Fsp3) is 0.375. The molecule has 0 spiro atoms. The Labute approximate surface area is 264 Å². The van der Waals surface area contributed by atoms with Crippen LogP contribution in [0.5, 0.6) is 0 Å². The highest BCUT2D eigenvalue weighted by Crippen LogP contribution is 2.39. The quantitative estimate of drug-likeness (QED) is 0.264. The van der Waals surface area contributed by atoms with Gasteiger partial charge < -0.3 is 15.2 Å². The van der Waals surface area contributed by atoms with Crippen molar-refractivity contribution in [2.45, 2.75) is 63.3 Å². The number of carbonyl (C=O) groups excluding carboxylic acids is 1. The smallest absolute Gasteiger partial charge is 0.271 e. The standard InChI is InChI=1S/C32H34F3N7O3S/c1-31(2)13-20(11-21(14-31)39-30(43)26-17-41(4)18-37-26)38-29-25(35)15-36-28(40-29)23-16-42(27-22(23)8-5-9-24(27)34)46(44,45)32(3)10-6-7-19(33)12-32/h5-9,12,15-18,20-21H,10-11,13-14H2,1-4H3,(H,39,43)(H,36,38,40). The highest BCUT2D eigenvalue weighted by Gasteiger charge is 2.41. The number of allylic oxidation sites excluding steroid dienone is 3. The van der Waals surface area contributed by atoms with Crippen molar-refractivity contribution < 1.29 is 26.4 Å². The molecule has 1 saturated carbocycles. The normalized spacial score (nSPS) is 22.9. The Morgan fingerprint density at radius 2 is 1.80 bits per heavy atom. The minimum Gasteiger partial charge on any atom is -0.365 e. The largest absolute Gasteiger partial charge is 0.365 e. The first kappa shape index (κ1) is 31.5. The van der Waals surface area contributed by atoms with Gasteiger partial charge in [0.2, 0.25) is 10.0 Å². The maximum absolute atomic E-state index is 15.3. The molecule has 4 aromatic rings. The molecule has 1 aromatic carbocycles. The van der Waals surface area contributed by atoms with Crippen LogP contribution < -0.4 is 10.6 Å². The van der Waals surface area contributed by atoms with Gasteiger partial charge in [-0.3, -0.25) is 4.79 Å². The summed E-state index contributed by atoms with van der Waals surface area (Å²) in [6.45, 7) is 5.50. The molecule has 6 rings (SSSR count). The van der Waals surface area contributed by atoms with Crippen LogP contribution in [0.25, 0.3) is 22.3 Å². The highest BCUT2D eigenvalue weighted by atomic mass is 32.2. The zero-order valence-electron chi connectivity index (χ0n) is 25.8. The number of para-hydroxylation sites is 1. The molecule has 2 N–H and O–H groups in total. The van der Waals surface area contributed by atoms with Crippen LogP contribution in [0.1, 0.15) is 56.9 Å². The van der Waals surface area contributed by atoms with Crippen LogP contribution in [0, 0.1) is 17.0 Å². The van der Waals surface area contributed by atoms with E-state index in [1.54, 1.807) is 24.1 Å². The Kier molecular flexibility index (Phi) is 7.82. The number of nitrogens with zero attached hydrogens (tertiary/aromatic N) is 5. The first-order valence-electron chi connectivity index (χ1n) is 14.8. The number of anilines is 1. The first-order valence-corrected chi connectivity index (χ1v) is 16.3. The molecule has 0 saturated heterocycles. The summed E-state index contributed by atoms with van der Waals surface area (Å²) in [5, 5.41) is 6.40. The molecule has 1 fully saturated rings. The van der Waals surface area contributed by atoms with Gasteiger partial charge in [-0.2, -0.15) is 0 Å². The van der Waals surface area contributed by atoms with E-state index in [-0.39, 0.29) is 57.9 Å². The van der Waals surface area contributed by atoms with Crippen LogP contribution >= 0.6 is 0 Å². The van der Waals surface area contributed by atoms with Crippen LogP contribution in [0.15, 0.2) is 67.2 Å². The van der Waals surface area contributed by atoms with Crippen molar-refractivity contribution in [1.82, 2.24) is 28.8 Å². The van der Waals surface area contributed by atoms with Crippen molar-refractivity contribution in [2.24, 2.45) is 12.5 Å². The molecule has 1 amide bonds. The van der Waals surface area contributed by atoms with Crippen molar-refractivity contribution in [3.63, 3.8) is 0 Å². The van der Waals surface area contributed by atoms with Gasteiger partial charge in [0.1, 0.15) is 27.6 Å². The molecule has 0 radical (unpaired) electrons. The summed E-state index contributed by atoms with van der Waals surface area (Å²) in [6, 6.07) is 3.58. The van der Waals surface area contributed by atoms with Gasteiger partial charge in [-0.15, -0.1) is 0 Å². The SMILES string of the molecule is Cn1cnc(C(=O)NC2CC(Nc3nc(-c4cn(S(=O)(=O)C5(C)C=C(F)C=CC5)c5c(F)cccc45)ncc3F)CC(C)(C)C2)c1. The minimum absolute atomic E-state index is 0.0195. The van der Waals surface area contributed by atoms with E-state index in [0.29, 0.717) is 25.0 Å². The molecule has 0 bridgehead atoms. The van der Waals surface area contributed by atoms with Crippen molar-refractivity contribution in [3.05, 3.63) is 84.5 Å². The second-order valence-electron chi connectivity index (χ2n) is 13.1. The Balaban J connectivity index is 1.33. The summed E-state index contributed by atoms with van der Waals surface area (Å²) < 4.78 is 73.3. The van der Waals surface area contributed by atoms with Crippen LogP contribution in [-0.4, -0.2) is 54.6 Å². The number of hydrogen-bond acceptors (Lipinski definition) is 7. The van der Waals surface area contributed by atoms with Crippen molar-refractivity contribution in [2.75, 3.05) is 5.32 Å². The van der Waals surface area contributed by atoms with E-state index in [1.807, 2.05) is 0 Å². The molecule has 242 valence electrons. The third kappa shape index (κ3) is 5.81. The molecular weight excluding hydrogens is 619 g/mol. The van der Waals surface area contributed by atoms with Gasteiger partial charge in [-0.05, 0) is 56.2 Å². The number of amides is 1. The number of nitrogens with one attached hydrogen (secondary N) is 2. The van der Waals surface area contributed by atoms with Crippen molar-refractivity contribution in [3.8, 4) is 11.4 Å². The Bertz CT molecular complexity index is 2020. The number of halogens is 3. The molecule has 0 aliphatic heterocycles. The zero-order chi connectivity index (χ0) is 33.0. The zero-order valence-corrected chi connectivity index (χ0v) is 26.6. The van der Waals surface area contributed by atoms with Gasteiger partial charge in [-0.25, -0.2) is 40.5 Å². The number of imidazole rings is 1. The second-order valence-corrected chi connectivity index (χ2v) is 15.3. The van der Waals surface area contributed by atoms with Crippen LogP contribution in [0.2, 0.25) is 0 Å². The molecule has 2 aliphatic carbocycles. The third-order valence-corrected chi connectivity index (χ3v) is 10.9. The Hall–Kier alpha value is -4.46. The van der Waals surface area contributed by atoms with E-state index in [0.717, 1.165) is 22.3 Å². The van der Waals surface area contributed by atoms with E-state index < -0.39 is 32.2 Å². The van der Waals surface area contributed by atoms with Gasteiger partial charge >= 0.3 is 0 Å². The third-order valence-electron chi connectivity index (χ3n) is 8.60. The van der Waals surface area contributed by atoms with Gasteiger partial charge in [0.05, 0.1) is 12.5 Å². The lowest BCUT2D eigenvalue weighted by Crippen LogP contribution is -2.47. The molecule has 46 heavy (non-hydrogen) atoms. The summed E-state index contributed by atoms with van der Waals surface area (Å²) in [4.78, 5) is 25.5. The topological polar surface area (TPSA) is 124 Å². The maximum Gasteiger partial charge on any atom is 0.271 e. The van der Waals surface area contributed by atoms with Gasteiger partial charge in [0.15, 0.2) is 17.5 Å². The maximum atomic E-state index is 15.3. The summed E-state index contributed by atoms with van der Waals surface area (Å²) in [5.74, 6) is -2.69. The molecule has 14 heteroatoms. The Morgan fingerprint density at radius 1 is 1.04 bits per heavy atom. The highest BCUT2D eigenvalue weighted by molar-refractivity contribution is 7.91. The Morgan fingerprint density at radius 3 is 2.52 bits per heavy atom. The number of aromatic nitrogens is 5. The average Bonchev–Trinajstić information content (AvgIpc) is 3.58. The lowest BCUT2D eigenvalue weighted by Gasteiger charge is -2.40. The predicted octanol–water partition coefficient (Wildman–Crippen LogP) is 5.65. The fourth-order valence-electron chi connectivity index (χ4n) is 6.51. The van der Waals surface area contributed by atoms with E-state index >= 15 is 8.78 Å². The first-order chi connectivity index (χ1) is 21.7. The number of hydrogen-bond donors (Lipinski definition) is 2. The number of benzene rings is 1. The molecule has 3 heterocycles. The fourth-order valence-corrected chi connectivity index (χ4v) is 8.20. The second kappa shape index (κ2) is 11.4.